The number of nitro benzene ring substituents is 1. The molecule has 0 aliphatic rings. The van der Waals surface area contributed by atoms with Gasteiger partial charge in [-0.2, -0.15) is 5.10 Å². The number of carbonyl (C=O) groups excluding carboxylic acids is 1. The van der Waals surface area contributed by atoms with Crippen LogP contribution >= 0.6 is 11.6 Å². The van der Waals surface area contributed by atoms with Gasteiger partial charge in [-0.15, -0.1) is 0 Å². The number of hydrogen-bond donors (Lipinski definition) is 2. The van der Waals surface area contributed by atoms with E-state index in [4.69, 9.17) is 11.6 Å². The summed E-state index contributed by atoms with van der Waals surface area (Å²) in [5.41, 5.74) is 2.92. The van der Waals surface area contributed by atoms with Gasteiger partial charge in [-0.25, -0.2) is 13.8 Å². The zero-order chi connectivity index (χ0) is 22.4. The van der Waals surface area contributed by atoms with Crippen molar-refractivity contribution < 1.29 is 18.1 Å². The SMILES string of the molecule is O=C(N/N=C\c1ccc(Cl)c([N+](=O)[O-])c1)c1ccc(NS(=O)(=O)c2ccccc2)cc1. The molecule has 3 rings (SSSR count). The summed E-state index contributed by atoms with van der Waals surface area (Å²) in [7, 11) is -3.74. The Bertz CT molecular complexity index is 1250. The van der Waals surface area contributed by atoms with E-state index in [0.29, 0.717) is 5.56 Å². The Morgan fingerprint density at radius 2 is 1.71 bits per heavy atom. The number of nitrogens with zero attached hydrogens (tertiary/aromatic N) is 2. The topological polar surface area (TPSA) is 131 Å². The highest BCUT2D eigenvalue weighted by molar-refractivity contribution is 7.92. The predicted octanol–water partition coefficient (Wildman–Crippen LogP) is 3.81. The lowest BCUT2D eigenvalue weighted by molar-refractivity contribution is -0.384. The molecule has 0 fully saturated rings. The summed E-state index contributed by atoms with van der Waals surface area (Å²) < 4.78 is 27.1. The van der Waals surface area contributed by atoms with Gasteiger partial charge in [0.25, 0.3) is 21.6 Å². The third-order valence-electron chi connectivity index (χ3n) is 4.00. The lowest BCUT2D eigenvalue weighted by Gasteiger charge is -2.08. The second-order valence-electron chi connectivity index (χ2n) is 6.16. The van der Waals surface area contributed by atoms with Gasteiger partial charge < -0.3 is 0 Å². The number of nitrogens with one attached hydrogen (secondary N) is 2. The molecule has 3 aromatic rings. The lowest BCUT2D eigenvalue weighted by Crippen LogP contribution is -2.18. The van der Waals surface area contributed by atoms with Crippen molar-refractivity contribution in [2.45, 2.75) is 4.90 Å². The number of nitro groups is 1. The van der Waals surface area contributed by atoms with Gasteiger partial charge in [0.15, 0.2) is 0 Å². The van der Waals surface area contributed by atoms with E-state index >= 15 is 0 Å². The van der Waals surface area contributed by atoms with Gasteiger partial charge in [0.1, 0.15) is 5.02 Å². The minimum atomic E-state index is -3.74. The number of hydrogen-bond acceptors (Lipinski definition) is 6. The van der Waals surface area contributed by atoms with Gasteiger partial charge in [0.05, 0.1) is 16.0 Å². The summed E-state index contributed by atoms with van der Waals surface area (Å²) in [6.07, 6.45) is 1.24. The van der Waals surface area contributed by atoms with Gasteiger partial charge in [-0.05, 0) is 42.5 Å². The van der Waals surface area contributed by atoms with Crippen molar-refractivity contribution in [2.24, 2.45) is 5.10 Å². The molecule has 3 aromatic carbocycles. The monoisotopic (exact) mass is 458 g/mol. The molecule has 9 nitrogen and oxygen atoms in total. The Morgan fingerprint density at radius 3 is 2.35 bits per heavy atom. The first-order valence-electron chi connectivity index (χ1n) is 8.71. The van der Waals surface area contributed by atoms with Crippen LogP contribution in [0.5, 0.6) is 0 Å². The van der Waals surface area contributed by atoms with E-state index in [1.807, 2.05) is 0 Å². The Morgan fingerprint density at radius 1 is 1.03 bits per heavy atom. The van der Waals surface area contributed by atoms with Crippen LogP contribution < -0.4 is 10.1 Å². The van der Waals surface area contributed by atoms with Crippen molar-refractivity contribution in [3.05, 3.63) is 99.1 Å². The van der Waals surface area contributed by atoms with Crippen LogP contribution in [0.2, 0.25) is 5.02 Å². The molecule has 11 heteroatoms. The van der Waals surface area contributed by atoms with E-state index in [0.717, 1.165) is 0 Å². The smallest absolute Gasteiger partial charge is 0.280 e. The fraction of sp³-hybridized carbons (Fsp3) is 0. The largest absolute Gasteiger partial charge is 0.288 e. The number of benzene rings is 3. The Hall–Kier alpha value is -3.76. The van der Waals surface area contributed by atoms with Gasteiger partial charge in [0, 0.05) is 22.9 Å². The summed E-state index contributed by atoms with van der Waals surface area (Å²) in [5, 5.41) is 14.7. The lowest BCUT2D eigenvalue weighted by atomic mass is 10.2. The normalized spacial score (nSPS) is 11.3. The highest BCUT2D eigenvalue weighted by Crippen LogP contribution is 2.24. The number of hydrazone groups is 1. The van der Waals surface area contributed by atoms with Crippen molar-refractivity contribution >= 4 is 45.1 Å². The fourth-order valence-corrected chi connectivity index (χ4v) is 3.75. The van der Waals surface area contributed by atoms with E-state index in [1.165, 1.54) is 60.8 Å². The highest BCUT2D eigenvalue weighted by atomic mass is 35.5. The number of rotatable bonds is 7. The molecule has 2 N–H and O–H groups in total. The maximum Gasteiger partial charge on any atom is 0.288 e. The van der Waals surface area contributed by atoms with Gasteiger partial charge in [-0.1, -0.05) is 35.9 Å². The van der Waals surface area contributed by atoms with Gasteiger partial charge >= 0.3 is 0 Å². The summed E-state index contributed by atoms with van der Waals surface area (Å²) in [4.78, 5) is 22.6. The minimum absolute atomic E-state index is 0.00540. The molecule has 0 saturated carbocycles. The molecular weight excluding hydrogens is 444 g/mol. The number of anilines is 1. The van der Waals surface area contributed by atoms with Crippen molar-refractivity contribution in [3.63, 3.8) is 0 Å². The third kappa shape index (κ3) is 5.65. The molecule has 0 heterocycles. The Labute approximate surface area is 182 Å². The minimum Gasteiger partial charge on any atom is -0.280 e. The molecular formula is C20H15ClN4O5S. The first-order chi connectivity index (χ1) is 14.8. The van der Waals surface area contributed by atoms with Crippen molar-refractivity contribution in [1.82, 2.24) is 5.43 Å². The third-order valence-corrected chi connectivity index (χ3v) is 5.72. The fourth-order valence-electron chi connectivity index (χ4n) is 2.48. The molecule has 1 amide bonds. The molecule has 0 aliphatic heterocycles. The van der Waals surface area contributed by atoms with E-state index in [1.54, 1.807) is 18.2 Å². The number of sulfonamides is 1. The molecule has 0 aliphatic carbocycles. The number of halogens is 1. The Kier molecular flexibility index (Phi) is 6.63. The zero-order valence-corrected chi connectivity index (χ0v) is 17.3. The van der Waals surface area contributed by atoms with Crippen LogP contribution in [0.1, 0.15) is 15.9 Å². The van der Waals surface area contributed by atoms with E-state index in [-0.39, 0.29) is 26.9 Å². The molecule has 0 spiro atoms. The van der Waals surface area contributed by atoms with Crippen LogP contribution in [-0.4, -0.2) is 25.5 Å². The second kappa shape index (κ2) is 9.37. The first-order valence-corrected chi connectivity index (χ1v) is 10.6. The molecule has 0 atom stereocenters. The van der Waals surface area contributed by atoms with Gasteiger partial charge in [-0.3, -0.25) is 19.6 Å². The molecule has 0 aromatic heterocycles. The summed E-state index contributed by atoms with van der Waals surface area (Å²) in [5.74, 6) is -0.544. The standard InChI is InChI=1S/C20H15ClN4O5S/c21-18-11-6-14(12-19(18)25(27)28)13-22-23-20(26)15-7-9-16(10-8-15)24-31(29,30)17-4-2-1-3-5-17/h1-13,24H,(H,23,26)/b22-13-. The van der Waals surface area contributed by atoms with Crippen LogP contribution in [0.3, 0.4) is 0 Å². The van der Waals surface area contributed by atoms with Crippen LogP contribution in [0, 0.1) is 10.1 Å². The first kappa shape index (κ1) is 21.9. The van der Waals surface area contributed by atoms with Crippen molar-refractivity contribution in [3.8, 4) is 0 Å². The van der Waals surface area contributed by atoms with Gasteiger partial charge in [0.2, 0.25) is 0 Å². The highest BCUT2D eigenvalue weighted by Gasteiger charge is 2.14. The van der Waals surface area contributed by atoms with E-state index in [2.05, 4.69) is 15.2 Å². The maximum absolute atomic E-state index is 12.3. The average molecular weight is 459 g/mol. The molecule has 0 unspecified atom stereocenters. The van der Waals surface area contributed by atoms with Crippen molar-refractivity contribution in [2.75, 3.05) is 4.72 Å². The van der Waals surface area contributed by atoms with Crippen LogP contribution in [0.25, 0.3) is 0 Å². The molecule has 0 radical (unpaired) electrons. The maximum atomic E-state index is 12.3. The van der Waals surface area contributed by atoms with Crippen LogP contribution in [0.4, 0.5) is 11.4 Å². The van der Waals surface area contributed by atoms with Crippen LogP contribution in [0.15, 0.2) is 82.8 Å². The van der Waals surface area contributed by atoms with Crippen molar-refractivity contribution in [1.29, 1.82) is 0 Å². The quantitative estimate of drug-likeness (QED) is 0.315. The average Bonchev–Trinajstić information content (AvgIpc) is 2.75. The van der Waals surface area contributed by atoms with E-state index in [9.17, 15) is 23.3 Å². The Balaban J connectivity index is 1.64. The predicted molar refractivity (Wildman–Crippen MR) is 117 cm³/mol. The van der Waals surface area contributed by atoms with Crippen LogP contribution in [-0.2, 0) is 10.0 Å². The number of amides is 1. The molecule has 0 bridgehead atoms. The second-order valence-corrected chi connectivity index (χ2v) is 8.25. The summed E-state index contributed by atoms with van der Waals surface area (Å²) >= 11 is 5.74. The molecule has 0 saturated heterocycles. The number of carbonyl (C=O) groups is 1. The summed E-state index contributed by atoms with van der Waals surface area (Å²) in [6, 6.07) is 17.7. The zero-order valence-electron chi connectivity index (χ0n) is 15.7. The molecule has 31 heavy (non-hydrogen) atoms. The van der Waals surface area contributed by atoms with E-state index < -0.39 is 20.9 Å². The summed E-state index contributed by atoms with van der Waals surface area (Å²) in [6.45, 7) is 0. The molecule has 158 valence electrons.